The molecule has 4 aromatic carbocycles. The predicted molar refractivity (Wildman–Crippen MR) is 185 cm³/mol. The number of hydrogen-bond acceptors (Lipinski definition) is 2. The van der Waals surface area contributed by atoms with Gasteiger partial charge in [-0.3, -0.25) is 0 Å². The molecule has 0 N–H and O–H groups in total. The van der Waals surface area contributed by atoms with Crippen LogP contribution in [0, 0.1) is 42.5 Å². The van der Waals surface area contributed by atoms with Gasteiger partial charge in [-0.2, -0.15) is 0 Å². The molecule has 2 radical (unpaired) electrons. The van der Waals surface area contributed by atoms with Crippen molar-refractivity contribution >= 4 is 69.9 Å². The predicted octanol–water partition coefficient (Wildman–Crippen LogP) is 12.0. The van der Waals surface area contributed by atoms with E-state index in [0.717, 1.165) is 0 Å². The molecule has 0 saturated carbocycles. The zero-order valence-electron chi connectivity index (χ0n) is 25.7. The first kappa shape index (κ1) is 34.9. The van der Waals surface area contributed by atoms with Crippen LogP contribution >= 0.6 is 22.7 Å². The molecule has 0 bridgehead atoms. The molecule has 0 amide bonds. The molecular formula is C36H44S2SiZr-4. The molecule has 6 rings (SSSR count). The number of unbranched alkanes of at least 4 members (excludes halogenated alkanes) is 2. The molecule has 0 aliphatic carbocycles. The van der Waals surface area contributed by atoms with Gasteiger partial charge in [-0.1, -0.05) is 111 Å². The second kappa shape index (κ2) is 15.8. The summed E-state index contributed by atoms with van der Waals surface area (Å²) in [5.41, 5.74) is 8.74. The number of thiophene rings is 2. The summed E-state index contributed by atoms with van der Waals surface area (Å²) in [6.07, 6.45) is 7.56. The van der Waals surface area contributed by atoms with E-state index in [1.165, 1.54) is 136 Å². The Kier molecular flexibility index (Phi) is 13.8. The van der Waals surface area contributed by atoms with Gasteiger partial charge < -0.3 is 14.9 Å². The number of hydrogen-bond donors (Lipinski definition) is 0. The summed E-state index contributed by atoms with van der Waals surface area (Å²) < 4.78 is 5.87. The maximum atomic E-state index is 3.06. The fraction of sp³-hybridized carbons (Fsp3) is 0.333. The van der Waals surface area contributed by atoms with E-state index in [1.54, 1.807) is 0 Å². The van der Waals surface area contributed by atoms with Crippen LogP contribution < -0.4 is 0 Å². The SMILES string of the molecule is CCCCc1ccc2c(c1)sc1c(C)c(C)[cH-]c12.CCCCc1ccc2c(c1)sc1c(C)c(C)[cH-]c12.[CH3-].[CH3-].[Si]=[Zr]. The fourth-order valence-corrected chi connectivity index (χ4v) is 7.87. The molecule has 0 aliphatic heterocycles. The molecular weight excluding hydrogens is 616 g/mol. The molecule has 2 heterocycles. The van der Waals surface area contributed by atoms with Crippen molar-refractivity contribution in [2.24, 2.45) is 0 Å². The zero-order valence-corrected chi connectivity index (χ0v) is 30.8. The van der Waals surface area contributed by atoms with Crippen molar-refractivity contribution < 1.29 is 23.3 Å². The summed E-state index contributed by atoms with van der Waals surface area (Å²) in [4.78, 5) is 0. The normalized spacial score (nSPS) is 10.6. The van der Waals surface area contributed by atoms with E-state index in [2.05, 4.69) is 97.0 Å². The molecule has 0 atom stereocenters. The average Bonchev–Trinajstić information content (AvgIpc) is 3.63. The minimum absolute atomic E-state index is 0. The van der Waals surface area contributed by atoms with Crippen LogP contribution in [0.1, 0.15) is 72.9 Å². The van der Waals surface area contributed by atoms with E-state index >= 15 is 0 Å². The first-order chi connectivity index (χ1) is 18.4. The van der Waals surface area contributed by atoms with Crippen molar-refractivity contribution in [1.82, 2.24) is 0 Å². The third kappa shape index (κ3) is 7.17. The Morgan fingerprint density at radius 2 is 1.02 bits per heavy atom. The second-order valence-corrected chi connectivity index (χ2v) is 12.6. The van der Waals surface area contributed by atoms with Crippen molar-refractivity contribution in [2.75, 3.05) is 0 Å². The van der Waals surface area contributed by atoms with Crippen molar-refractivity contribution in [3.8, 4) is 0 Å². The average molecular weight is 660 g/mol. The summed E-state index contributed by atoms with van der Waals surface area (Å²) in [5, 5.41) is 5.77. The molecule has 0 fully saturated rings. The molecule has 212 valence electrons. The van der Waals surface area contributed by atoms with Gasteiger partial charge in [-0.15, -0.1) is 45.2 Å². The van der Waals surface area contributed by atoms with Gasteiger partial charge in [0, 0.05) is 0 Å². The molecule has 4 heteroatoms. The third-order valence-electron chi connectivity index (χ3n) is 7.81. The summed E-state index contributed by atoms with van der Waals surface area (Å²) in [5.74, 6) is 0. The Morgan fingerprint density at radius 1 is 0.650 bits per heavy atom. The Balaban J connectivity index is 0.000000252. The number of benzene rings is 2. The van der Waals surface area contributed by atoms with Gasteiger partial charge >= 0.3 is 30.2 Å². The van der Waals surface area contributed by atoms with Crippen LogP contribution in [0.4, 0.5) is 0 Å². The first-order valence-electron chi connectivity index (χ1n) is 13.8. The van der Waals surface area contributed by atoms with Crippen molar-refractivity contribution in [2.45, 2.75) is 80.1 Å². The van der Waals surface area contributed by atoms with E-state index in [9.17, 15) is 0 Å². The van der Waals surface area contributed by atoms with E-state index in [0.29, 0.717) is 0 Å². The van der Waals surface area contributed by atoms with Crippen LogP contribution in [0.15, 0.2) is 48.5 Å². The number of aryl methyl sites for hydroxylation is 6. The molecule has 0 saturated heterocycles. The van der Waals surface area contributed by atoms with Crippen LogP contribution in [0.5, 0.6) is 0 Å². The van der Waals surface area contributed by atoms with Gasteiger partial charge in [0.25, 0.3) is 0 Å². The van der Waals surface area contributed by atoms with Gasteiger partial charge in [-0.25, -0.2) is 22.7 Å². The molecule has 40 heavy (non-hydrogen) atoms. The minimum atomic E-state index is 0. The third-order valence-corrected chi connectivity index (χ3v) is 10.4. The van der Waals surface area contributed by atoms with E-state index < -0.39 is 0 Å². The second-order valence-electron chi connectivity index (χ2n) is 10.5. The number of fused-ring (bicyclic) bond motifs is 6. The Labute approximate surface area is 268 Å². The molecule has 2 aromatic heterocycles. The van der Waals surface area contributed by atoms with Crippen LogP contribution in [-0.4, -0.2) is 6.88 Å². The van der Waals surface area contributed by atoms with E-state index in [-0.39, 0.29) is 14.9 Å². The van der Waals surface area contributed by atoms with Gasteiger partial charge in [-0.05, 0) is 46.2 Å². The van der Waals surface area contributed by atoms with Crippen molar-refractivity contribution in [3.63, 3.8) is 0 Å². The van der Waals surface area contributed by atoms with E-state index in [1.807, 2.05) is 22.7 Å². The quantitative estimate of drug-likeness (QED) is 0.123. The topological polar surface area (TPSA) is 0 Å². The Hall–Kier alpha value is -1.32. The first-order valence-corrected chi connectivity index (χ1v) is 19.6. The molecule has 0 unspecified atom stereocenters. The summed E-state index contributed by atoms with van der Waals surface area (Å²) >= 11 is 5.27. The van der Waals surface area contributed by atoms with Gasteiger partial charge in [0.05, 0.1) is 0 Å². The Morgan fingerprint density at radius 3 is 1.38 bits per heavy atom. The van der Waals surface area contributed by atoms with E-state index in [4.69, 9.17) is 0 Å². The summed E-state index contributed by atoms with van der Waals surface area (Å²) in [6.45, 7) is 16.5. The van der Waals surface area contributed by atoms with Gasteiger partial charge in [0.15, 0.2) is 0 Å². The zero-order chi connectivity index (χ0) is 27.4. The molecule has 0 nitrogen and oxygen atoms in total. The monoisotopic (exact) mass is 658 g/mol. The van der Waals surface area contributed by atoms with Crippen LogP contribution in [0.25, 0.3) is 40.3 Å². The Bertz CT molecular complexity index is 1550. The summed E-state index contributed by atoms with van der Waals surface area (Å²) in [6, 6.07) is 18.7. The van der Waals surface area contributed by atoms with Crippen LogP contribution in [0.2, 0.25) is 0 Å². The fourth-order valence-electron chi connectivity index (χ4n) is 5.25. The number of rotatable bonds is 6. The maximum absolute atomic E-state index is 3.06. The summed E-state index contributed by atoms with van der Waals surface area (Å²) in [7, 11) is 0. The molecule has 6 aromatic rings. The standard InChI is InChI=1S/2C17H19S.2CH3.Si.Zr/c2*1-4-5-6-13-7-8-14-15-9-11(2)12(3)17(15)18-16(14)10-13;;;;/h2*7-10H,4-6H2,1-3H3;2*1H3;;/q4*-1;;. The van der Waals surface area contributed by atoms with Crippen molar-refractivity contribution in [3.05, 3.63) is 96.8 Å². The molecule has 0 aliphatic rings. The van der Waals surface area contributed by atoms with Gasteiger partial charge in [0.1, 0.15) is 0 Å². The van der Waals surface area contributed by atoms with Crippen molar-refractivity contribution in [1.29, 1.82) is 0 Å². The van der Waals surface area contributed by atoms with Crippen LogP contribution in [-0.2, 0) is 36.2 Å². The van der Waals surface area contributed by atoms with Crippen LogP contribution in [0.3, 0.4) is 0 Å². The van der Waals surface area contributed by atoms with Gasteiger partial charge in [0.2, 0.25) is 0 Å². The molecule has 0 spiro atoms.